The lowest BCUT2D eigenvalue weighted by Crippen LogP contribution is -2.51. The van der Waals surface area contributed by atoms with Crippen molar-refractivity contribution >= 4 is 35.0 Å². The van der Waals surface area contributed by atoms with Gasteiger partial charge in [0.15, 0.2) is 0 Å². The minimum absolute atomic E-state index is 0.0940. The van der Waals surface area contributed by atoms with E-state index in [9.17, 15) is 19.2 Å². The molecule has 0 unspecified atom stereocenters. The number of aromatic amines is 2. The molecule has 7 rings (SSSR count). The molecule has 2 aromatic carbocycles. The second-order valence-electron chi connectivity index (χ2n) is 15.7. The van der Waals surface area contributed by atoms with Gasteiger partial charge in [-0.25, -0.2) is 19.6 Å². The van der Waals surface area contributed by atoms with Crippen molar-refractivity contribution in [2.75, 3.05) is 27.3 Å². The Kier molecular flexibility index (Phi) is 10.9. The van der Waals surface area contributed by atoms with Gasteiger partial charge in [-0.2, -0.15) is 0 Å². The number of likely N-dealkylation sites (tertiary alicyclic amines) is 2. The topological polar surface area (TPSA) is 175 Å². The van der Waals surface area contributed by atoms with Crippen LogP contribution in [0.4, 0.5) is 9.59 Å². The van der Waals surface area contributed by atoms with E-state index in [1.165, 1.54) is 25.3 Å². The van der Waals surface area contributed by atoms with Gasteiger partial charge >= 0.3 is 12.2 Å². The lowest BCUT2D eigenvalue weighted by atomic mass is 9.96. The Bertz CT molecular complexity index is 2090. The molecule has 0 saturated carbocycles. The molecule has 2 aromatic heterocycles. The number of hydrogen-bond donors (Lipinski definition) is 4. The molecule has 1 aliphatic carbocycles. The normalized spacial score (nSPS) is 19.2. The smallest absolute Gasteiger partial charge is 0.407 e. The molecule has 4 aromatic rings. The average Bonchev–Trinajstić information content (AvgIpc) is 3.99. The zero-order valence-corrected chi connectivity index (χ0v) is 32.5. The second-order valence-corrected chi connectivity index (χ2v) is 15.7. The van der Waals surface area contributed by atoms with E-state index in [0.717, 1.165) is 90.1 Å². The molecular weight excluding hydrogens is 701 g/mol. The number of fused-ring (bicyclic) bond motifs is 3. The van der Waals surface area contributed by atoms with E-state index >= 15 is 0 Å². The van der Waals surface area contributed by atoms with Crippen molar-refractivity contribution in [2.24, 2.45) is 11.8 Å². The Balaban J connectivity index is 1.06. The maximum Gasteiger partial charge on any atom is 0.407 e. The average molecular weight is 753 g/mol. The molecule has 0 spiro atoms. The van der Waals surface area contributed by atoms with E-state index in [1.807, 2.05) is 43.6 Å². The van der Waals surface area contributed by atoms with Crippen molar-refractivity contribution in [3.8, 4) is 11.1 Å². The van der Waals surface area contributed by atoms with E-state index in [1.54, 1.807) is 0 Å². The summed E-state index contributed by atoms with van der Waals surface area (Å²) in [6, 6.07) is 11.1. The largest absolute Gasteiger partial charge is 0.453 e. The van der Waals surface area contributed by atoms with Gasteiger partial charge in [0.05, 0.1) is 43.0 Å². The van der Waals surface area contributed by atoms with Crippen LogP contribution in [-0.2, 0) is 38.3 Å². The van der Waals surface area contributed by atoms with Crippen LogP contribution < -0.4 is 10.6 Å². The predicted octanol–water partition coefficient (Wildman–Crippen LogP) is 5.73. The van der Waals surface area contributed by atoms with Gasteiger partial charge in [-0.15, -0.1) is 0 Å². The van der Waals surface area contributed by atoms with E-state index in [4.69, 9.17) is 19.4 Å². The van der Waals surface area contributed by atoms with Gasteiger partial charge in [-0.3, -0.25) is 9.59 Å². The molecule has 0 radical (unpaired) electrons. The third-order valence-corrected chi connectivity index (χ3v) is 11.4. The first kappa shape index (κ1) is 37.9. The van der Waals surface area contributed by atoms with Crippen molar-refractivity contribution in [1.29, 1.82) is 0 Å². The number of aryl methyl sites for hydroxylation is 2. The molecule has 2 fully saturated rings. The maximum absolute atomic E-state index is 13.7. The van der Waals surface area contributed by atoms with Crippen LogP contribution in [0, 0.1) is 11.8 Å². The first-order valence-electron chi connectivity index (χ1n) is 19.4. The van der Waals surface area contributed by atoms with Crippen molar-refractivity contribution in [3.63, 3.8) is 0 Å². The fourth-order valence-electron chi connectivity index (χ4n) is 8.39. The highest BCUT2D eigenvalue weighted by molar-refractivity contribution is 5.87. The van der Waals surface area contributed by atoms with Crippen LogP contribution in [0.5, 0.6) is 0 Å². The van der Waals surface area contributed by atoms with Gasteiger partial charge in [0, 0.05) is 25.2 Å². The monoisotopic (exact) mass is 752 g/mol. The minimum Gasteiger partial charge on any atom is -0.453 e. The third-order valence-electron chi connectivity index (χ3n) is 11.4. The van der Waals surface area contributed by atoms with Gasteiger partial charge in [0.2, 0.25) is 11.8 Å². The second kappa shape index (κ2) is 15.8. The first-order chi connectivity index (χ1) is 26.4. The van der Waals surface area contributed by atoms with E-state index in [2.05, 4.69) is 50.9 Å². The fraction of sp³-hybridized carbons (Fsp3) is 0.512. The van der Waals surface area contributed by atoms with Gasteiger partial charge in [-0.1, -0.05) is 52.0 Å². The third kappa shape index (κ3) is 7.63. The van der Waals surface area contributed by atoms with E-state index in [0.29, 0.717) is 13.1 Å². The summed E-state index contributed by atoms with van der Waals surface area (Å²) in [5.74, 6) is 1.11. The Hall–Kier alpha value is -5.40. The number of amides is 4. The molecular formula is C41H52N8O6. The molecule has 4 N–H and O–H groups in total. The predicted molar refractivity (Wildman–Crippen MR) is 206 cm³/mol. The number of H-pyrrole nitrogens is 2. The lowest BCUT2D eigenvalue weighted by Gasteiger charge is -2.30. The molecule has 55 heavy (non-hydrogen) atoms. The molecule has 3 aliphatic rings. The van der Waals surface area contributed by atoms with Crippen molar-refractivity contribution in [1.82, 2.24) is 40.4 Å². The number of aromatic nitrogens is 4. The Morgan fingerprint density at radius 1 is 0.727 bits per heavy atom. The first-order valence-corrected chi connectivity index (χ1v) is 19.4. The van der Waals surface area contributed by atoms with Crippen LogP contribution in [0.3, 0.4) is 0 Å². The Morgan fingerprint density at radius 3 is 1.87 bits per heavy atom. The molecule has 4 atom stereocenters. The lowest BCUT2D eigenvalue weighted by molar-refractivity contribution is -0.136. The number of nitrogens with one attached hydrogen (secondary N) is 4. The number of rotatable bonds is 9. The quantitative estimate of drug-likeness (QED) is 0.168. The summed E-state index contributed by atoms with van der Waals surface area (Å²) in [6.45, 7) is 8.87. The fourth-order valence-corrected chi connectivity index (χ4v) is 8.39. The number of hydrogen-bond acceptors (Lipinski definition) is 8. The molecule has 4 amide bonds. The van der Waals surface area contributed by atoms with Gasteiger partial charge in [-0.05, 0) is 84.7 Å². The number of imidazole rings is 2. The van der Waals surface area contributed by atoms with Crippen LogP contribution in [-0.4, -0.2) is 93.1 Å². The van der Waals surface area contributed by atoms with Crippen LogP contribution >= 0.6 is 0 Å². The summed E-state index contributed by atoms with van der Waals surface area (Å²) in [5.41, 5.74) is 8.57. The molecule has 2 saturated heterocycles. The number of nitrogens with zero attached hydrogens (tertiary/aromatic N) is 4. The zero-order chi connectivity index (χ0) is 39.0. The van der Waals surface area contributed by atoms with E-state index < -0.39 is 24.3 Å². The summed E-state index contributed by atoms with van der Waals surface area (Å²) in [6.07, 6.45) is 4.45. The molecule has 2 aliphatic heterocycles. The number of benzene rings is 2. The maximum atomic E-state index is 13.7. The minimum atomic E-state index is -0.688. The molecule has 4 heterocycles. The van der Waals surface area contributed by atoms with Crippen LogP contribution in [0.25, 0.3) is 22.2 Å². The Labute approximate surface area is 321 Å². The van der Waals surface area contributed by atoms with Crippen molar-refractivity contribution in [3.05, 3.63) is 70.6 Å². The molecule has 292 valence electrons. The summed E-state index contributed by atoms with van der Waals surface area (Å²) in [7, 11) is 2.60. The molecule has 14 heteroatoms. The molecule has 0 bridgehead atoms. The number of ether oxygens (including phenoxy) is 2. The number of alkyl carbamates (subject to hydrolysis) is 2. The SMILES string of the molecule is COC(=O)N[C@H](C(=O)N1CCC[C@H]1c1nc2c([nH]1)Cc1ccc(-c3ccc4nc([C@@H]5CCCN5C(=O)[C@@H](NC(=O)OC)C(C)C)[nH]c4c3)cc1CC2)C(C)C. The zero-order valence-electron chi connectivity index (χ0n) is 32.5. The molecule has 14 nitrogen and oxygen atoms in total. The van der Waals surface area contributed by atoms with E-state index in [-0.39, 0.29) is 35.7 Å². The van der Waals surface area contributed by atoms with Crippen molar-refractivity contribution < 1.29 is 28.7 Å². The van der Waals surface area contributed by atoms with Gasteiger partial charge in [0.1, 0.15) is 23.7 Å². The highest BCUT2D eigenvalue weighted by atomic mass is 16.5. The van der Waals surface area contributed by atoms with Crippen molar-refractivity contribution in [2.45, 2.75) is 96.8 Å². The summed E-state index contributed by atoms with van der Waals surface area (Å²) in [5, 5.41) is 5.44. The van der Waals surface area contributed by atoms with Crippen LogP contribution in [0.2, 0.25) is 0 Å². The Morgan fingerprint density at radius 2 is 1.29 bits per heavy atom. The summed E-state index contributed by atoms with van der Waals surface area (Å²) < 4.78 is 9.56. The highest BCUT2D eigenvalue weighted by Gasteiger charge is 2.39. The van der Waals surface area contributed by atoms with Crippen LogP contribution in [0.15, 0.2) is 36.4 Å². The standard InChI is InChI=1S/C41H52N8O6/c1-22(2)34(46-40(52)54-5)38(50)48-17-7-9-32(48)36-42-28-15-13-25-19-24(11-12-26(25)20-30(28)44-36)27-14-16-29-31(21-27)45-37(43-29)33-10-8-18-49(33)39(51)35(23(3)4)47-41(53)55-6/h11-12,14,16,19,21-23,32-35H,7-10,13,15,17-18,20H2,1-6H3,(H,42,44)(H,43,45)(H,46,52)(H,47,53)/t32-,33-,34-,35-/m0/s1. The number of carbonyl (C=O) groups is 4. The van der Waals surface area contributed by atoms with Gasteiger partial charge in [0.25, 0.3) is 0 Å². The number of carbonyl (C=O) groups excluding carboxylic acids is 4. The number of methoxy groups -OCH3 is 2. The van der Waals surface area contributed by atoms with Crippen LogP contribution in [0.1, 0.15) is 99.6 Å². The van der Waals surface area contributed by atoms with Gasteiger partial charge < -0.3 is 39.9 Å². The highest BCUT2D eigenvalue weighted by Crippen LogP contribution is 2.36. The summed E-state index contributed by atoms with van der Waals surface area (Å²) >= 11 is 0. The summed E-state index contributed by atoms with van der Waals surface area (Å²) in [4.78, 5) is 72.1.